The van der Waals surface area contributed by atoms with E-state index < -0.39 is 0 Å². The summed E-state index contributed by atoms with van der Waals surface area (Å²) in [5.74, 6) is 1.78. The van der Waals surface area contributed by atoms with Gasteiger partial charge in [-0.2, -0.15) is 0 Å². The number of aryl methyl sites for hydroxylation is 1. The van der Waals surface area contributed by atoms with Gasteiger partial charge in [-0.25, -0.2) is 0 Å². The molecule has 0 aliphatic carbocycles. The maximum absolute atomic E-state index is 5.98. The molecule has 3 aromatic rings. The quantitative estimate of drug-likeness (QED) is 0.702. The van der Waals surface area contributed by atoms with Crippen molar-refractivity contribution in [3.63, 3.8) is 0 Å². The van der Waals surface area contributed by atoms with Crippen molar-refractivity contribution in [2.45, 2.75) is 32.2 Å². The van der Waals surface area contributed by atoms with Gasteiger partial charge in [0.25, 0.3) is 5.89 Å². The zero-order valence-electron chi connectivity index (χ0n) is 13.8. The van der Waals surface area contributed by atoms with Crippen molar-refractivity contribution in [2.24, 2.45) is 0 Å². The first-order chi connectivity index (χ1) is 11.8. The number of nitrogens with zero attached hydrogens (tertiary/aromatic N) is 3. The number of rotatable bonds is 4. The number of benzene rings is 1. The first-order valence-corrected chi connectivity index (χ1v) is 9.26. The molecule has 0 spiro atoms. The molecule has 0 amide bonds. The van der Waals surface area contributed by atoms with Gasteiger partial charge in [0, 0.05) is 18.0 Å². The molecular weight excluding hydrogens is 318 g/mol. The van der Waals surface area contributed by atoms with Crippen molar-refractivity contribution in [1.29, 1.82) is 0 Å². The summed E-state index contributed by atoms with van der Waals surface area (Å²) in [6.45, 7) is 5.20. The molecule has 0 bridgehead atoms. The monoisotopic (exact) mass is 339 g/mol. The summed E-state index contributed by atoms with van der Waals surface area (Å²) in [5.41, 5.74) is 1.36. The summed E-state index contributed by atoms with van der Waals surface area (Å²) in [7, 11) is 0. The Bertz CT molecular complexity index is 796. The van der Waals surface area contributed by atoms with Crippen LogP contribution >= 0.6 is 11.3 Å². The van der Waals surface area contributed by atoms with Gasteiger partial charge in [-0.15, -0.1) is 21.5 Å². The third kappa shape index (κ3) is 3.42. The average molecular weight is 339 g/mol. The third-order valence-electron chi connectivity index (χ3n) is 4.50. The van der Waals surface area contributed by atoms with Gasteiger partial charge in [-0.05, 0) is 44.0 Å². The van der Waals surface area contributed by atoms with Crippen LogP contribution in [0.1, 0.15) is 35.1 Å². The third-order valence-corrected chi connectivity index (χ3v) is 5.48. The van der Waals surface area contributed by atoms with Crippen LogP contribution in [0, 0.1) is 6.92 Å². The van der Waals surface area contributed by atoms with Gasteiger partial charge < -0.3 is 4.42 Å². The standard InChI is InChI=1S/C19H21N3OS/c1-14-9-10-17(24-14)19-21-20-18(23-19)16-8-5-11-22(13-16)12-15-6-3-2-4-7-15/h2-4,6-7,9-10,16H,5,8,11-13H2,1H3. The first kappa shape index (κ1) is 15.5. The molecule has 4 rings (SSSR count). The Hall–Kier alpha value is -1.98. The molecule has 4 nitrogen and oxygen atoms in total. The SMILES string of the molecule is Cc1ccc(-c2nnc(C3CCCN(Cc4ccccc4)C3)o2)s1. The molecule has 1 atom stereocenters. The Labute approximate surface area is 146 Å². The second-order valence-corrected chi connectivity index (χ2v) is 7.70. The van der Waals surface area contributed by atoms with Gasteiger partial charge in [0.1, 0.15) is 0 Å². The molecule has 3 heterocycles. The summed E-state index contributed by atoms with van der Waals surface area (Å²) < 4.78 is 5.98. The number of aromatic nitrogens is 2. The fourth-order valence-corrected chi connectivity index (χ4v) is 4.08. The minimum Gasteiger partial charge on any atom is -0.420 e. The highest BCUT2D eigenvalue weighted by Crippen LogP contribution is 2.31. The fourth-order valence-electron chi connectivity index (χ4n) is 3.29. The molecule has 1 aliphatic heterocycles. The van der Waals surface area contributed by atoms with Crippen LogP contribution in [0.3, 0.4) is 0 Å². The summed E-state index contributed by atoms with van der Waals surface area (Å²) in [4.78, 5) is 4.81. The van der Waals surface area contributed by atoms with Crippen LogP contribution in [0.4, 0.5) is 0 Å². The number of thiophene rings is 1. The maximum atomic E-state index is 5.98. The van der Waals surface area contributed by atoms with Crippen molar-refractivity contribution < 1.29 is 4.42 Å². The summed E-state index contributed by atoms with van der Waals surface area (Å²) in [6.07, 6.45) is 2.30. The van der Waals surface area contributed by atoms with Gasteiger partial charge in [-0.3, -0.25) is 4.90 Å². The number of likely N-dealkylation sites (tertiary alicyclic amines) is 1. The Morgan fingerprint density at radius 3 is 2.83 bits per heavy atom. The Morgan fingerprint density at radius 2 is 2.04 bits per heavy atom. The van der Waals surface area contributed by atoms with Crippen molar-refractivity contribution >= 4 is 11.3 Å². The fraction of sp³-hybridized carbons (Fsp3) is 0.368. The second kappa shape index (κ2) is 6.87. The van der Waals surface area contributed by atoms with E-state index in [1.165, 1.54) is 16.9 Å². The molecule has 1 aromatic carbocycles. The topological polar surface area (TPSA) is 42.2 Å². The van der Waals surface area contributed by atoms with Crippen LogP contribution < -0.4 is 0 Å². The zero-order chi connectivity index (χ0) is 16.4. The van der Waals surface area contributed by atoms with E-state index in [1.807, 2.05) is 0 Å². The highest BCUT2D eigenvalue weighted by Gasteiger charge is 2.26. The summed E-state index contributed by atoms with van der Waals surface area (Å²) in [5, 5.41) is 8.59. The molecular formula is C19H21N3OS. The molecule has 124 valence electrons. The molecule has 1 aliphatic rings. The molecule has 1 saturated heterocycles. The first-order valence-electron chi connectivity index (χ1n) is 8.44. The minimum absolute atomic E-state index is 0.338. The summed E-state index contributed by atoms with van der Waals surface area (Å²) in [6, 6.07) is 14.8. The molecule has 0 saturated carbocycles. The van der Waals surface area contributed by atoms with Gasteiger partial charge in [0.15, 0.2) is 0 Å². The van der Waals surface area contributed by atoms with Crippen LogP contribution in [-0.4, -0.2) is 28.2 Å². The zero-order valence-corrected chi connectivity index (χ0v) is 14.6. The van der Waals surface area contributed by atoms with Crippen molar-refractivity contribution in [1.82, 2.24) is 15.1 Å². The molecule has 1 unspecified atom stereocenters. The van der Waals surface area contributed by atoms with E-state index in [0.717, 1.165) is 36.8 Å². The van der Waals surface area contributed by atoms with Crippen LogP contribution in [0.5, 0.6) is 0 Å². The van der Waals surface area contributed by atoms with Crippen LogP contribution in [0.2, 0.25) is 0 Å². The highest BCUT2D eigenvalue weighted by molar-refractivity contribution is 7.15. The van der Waals surface area contributed by atoms with E-state index in [4.69, 9.17) is 4.42 Å². The van der Waals surface area contributed by atoms with Gasteiger partial charge in [0.05, 0.1) is 10.8 Å². The second-order valence-electron chi connectivity index (χ2n) is 6.42. The molecule has 5 heteroatoms. The van der Waals surface area contributed by atoms with Gasteiger partial charge in [-0.1, -0.05) is 30.3 Å². The van der Waals surface area contributed by atoms with Crippen molar-refractivity contribution in [3.05, 3.63) is 58.8 Å². The van der Waals surface area contributed by atoms with E-state index in [9.17, 15) is 0 Å². The molecule has 0 N–H and O–H groups in total. The largest absolute Gasteiger partial charge is 0.420 e. The van der Waals surface area contributed by atoms with E-state index in [1.54, 1.807) is 11.3 Å². The smallest absolute Gasteiger partial charge is 0.257 e. The van der Waals surface area contributed by atoms with E-state index in [0.29, 0.717) is 11.8 Å². The molecule has 2 aromatic heterocycles. The number of piperidine rings is 1. The lowest BCUT2D eigenvalue weighted by atomic mass is 9.97. The lowest BCUT2D eigenvalue weighted by Gasteiger charge is -2.31. The number of hydrogen-bond donors (Lipinski definition) is 0. The highest BCUT2D eigenvalue weighted by atomic mass is 32.1. The minimum atomic E-state index is 0.338. The lowest BCUT2D eigenvalue weighted by molar-refractivity contribution is 0.186. The normalized spacial score (nSPS) is 18.8. The van der Waals surface area contributed by atoms with Gasteiger partial charge >= 0.3 is 0 Å². The average Bonchev–Trinajstić information content (AvgIpc) is 3.25. The van der Waals surface area contributed by atoms with Crippen LogP contribution in [-0.2, 0) is 6.54 Å². The summed E-state index contributed by atoms with van der Waals surface area (Å²) >= 11 is 1.70. The van der Waals surface area contributed by atoms with Crippen molar-refractivity contribution in [2.75, 3.05) is 13.1 Å². The maximum Gasteiger partial charge on any atom is 0.257 e. The Balaban J connectivity index is 1.45. The van der Waals surface area contributed by atoms with E-state index in [-0.39, 0.29) is 0 Å². The van der Waals surface area contributed by atoms with Crippen LogP contribution in [0.25, 0.3) is 10.8 Å². The van der Waals surface area contributed by atoms with E-state index in [2.05, 4.69) is 64.5 Å². The molecule has 24 heavy (non-hydrogen) atoms. The number of hydrogen-bond acceptors (Lipinski definition) is 5. The Morgan fingerprint density at radius 1 is 1.17 bits per heavy atom. The molecule has 0 radical (unpaired) electrons. The predicted molar refractivity (Wildman–Crippen MR) is 96.0 cm³/mol. The lowest BCUT2D eigenvalue weighted by Crippen LogP contribution is -2.34. The Kier molecular flexibility index (Phi) is 4.45. The predicted octanol–water partition coefficient (Wildman–Crippen LogP) is 4.49. The van der Waals surface area contributed by atoms with Crippen molar-refractivity contribution in [3.8, 4) is 10.8 Å². The van der Waals surface area contributed by atoms with Crippen LogP contribution in [0.15, 0.2) is 46.9 Å². The van der Waals surface area contributed by atoms with E-state index >= 15 is 0 Å². The van der Waals surface area contributed by atoms with Gasteiger partial charge in [0.2, 0.25) is 5.89 Å². The molecule has 1 fully saturated rings.